The molecule has 0 spiro atoms. The van der Waals surface area contributed by atoms with Gasteiger partial charge in [-0.3, -0.25) is 9.79 Å². The minimum Gasteiger partial charge on any atom is -0.480 e. The monoisotopic (exact) mass is 260 g/mol. The summed E-state index contributed by atoms with van der Waals surface area (Å²) in [7, 11) is 0. The number of carbonyl (C=O) groups is 1. The predicted molar refractivity (Wildman–Crippen MR) is 78.3 cm³/mol. The van der Waals surface area contributed by atoms with Crippen LogP contribution >= 0.6 is 0 Å². The molecule has 0 radical (unpaired) electrons. The molecule has 0 bridgehead atoms. The van der Waals surface area contributed by atoms with E-state index in [0.717, 1.165) is 18.4 Å². The summed E-state index contributed by atoms with van der Waals surface area (Å²) in [6.07, 6.45) is 7.81. The number of carboxylic acid groups (broad SMARTS) is 1. The Hall–Kier alpha value is -1.94. The van der Waals surface area contributed by atoms with Crippen LogP contribution in [0.3, 0.4) is 0 Å². The van der Waals surface area contributed by atoms with Crippen LogP contribution < -0.4 is 5.73 Å². The second-order valence-corrected chi connectivity index (χ2v) is 4.27. The number of unbranched alkanes of at least 4 members (excludes halogenated alkanes) is 1. The molecule has 0 aliphatic carbocycles. The van der Waals surface area contributed by atoms with Crippen molar-refractivity contribution in [3.63, 3.8) is 0 Å². The standard InChI is InChI=1S/C15H20N2O2/c16-14(15(18)19)10-4-5-11-17-12-6-9-13-7-2-1-3-8-13/h1-3,6-9,12,14H,4-5,10-11,16H2,(H,18,19)/b9-6+,17-12?. The first-order valence-corrected chi connectivity index (χ1v) is 6.40. The third kappa shape index (κ3) is 7.16. The van der Waals surface area contributed by atoms with E-state index < -0.39 is 12.0 Å². The van der Waals surface area contributed by atoms with E-state index in [0.29, 0.717) is 13.0 Å². The van der Waals surface area contributed by atoms with Crippen molar-refractivity contribution in [2.24, 2.45) is 10.7 Å². The van der Waals surface area contributed by atoms with Gasteiger partial charge in [0.15, 0.2) is 0 Å². The molecule has 0 aliphatic heterocycles. The van der Waals surface area contributed by atoms with Gasteiger partial charge in [0.1, 0.15) is 6.04 Å². The van der Waals surface area contributed by atoms with Gasteiger partial charge in [0, 0.05) is 12.8 Å². The van der Waals surface area contributed by atoms with Gasteiger partial charge >= 0.3 is 5.97 Å². The first-order chi connectivity index (χ1) is 9.20. The van der Waals surface area contributed by atoms with Crippen molar-refractivity contribution in [2.75, 3.05) is 6.54 Å². The van der Waals surface area contributed by atoms with Gasteiger partial charge in [0.2, 0.25) is 0 Å². The van der Waals surface area contributed by atoms with E-state index in [-0.39, 0.29) is 0 Å². The van der Waals surface area contributed by atoms with E-state index in [4.69, 9.17) is 10.8 Å². The average Bonchev–Trinajstić information content (AvgIpc) is 2.42. The maximum absolute atomic E-state index is 10.5. The van der Waals surface area contributed by atoms with Crippen molar-refractivity contribution in [1.82, 2.24) is 0 Å². The Morgan fingerprint density at radius 2 is 2.05 bits per heavy atom. The van der Waals surface area contributed by atoms with Crippen LogP contribution in [-0.4, -0.2) is 29.9 Å². The Balaban J connectivity index is 2.11. The molecule has 4 nitrogen and oxygen atoms in total. The molecule has 1 aromatic rings. The molecule has 0 heterocycles. The van der Waals surface area contributed by atoms with Crippen molar-refractivity contribution in [2.45, 2.75) is 25.3 Å². The molecular formula is C15H20N2O2. The highest BCUT2D eigenvalue weighted by Crippen LogP contribution is 2.01. The number of aliphatic imine (C=N–C) groups is 1. The van der Waals surface area contributed by atoms with Gasteiger partial charge in [-0.1, -0.05) is 36.4 Å². The molecule has 3 N–H and O–H groups in total. The molecular weight excluding hydrogens is 240 g/mol. The maximum atomic E-state index is 10.5. The molecule has 1 rings (SSSR count). The molecule has 0 fully saturated rings. The van der Waals surface area contributed by atoms with Crippen LogP contribution in [0.1, 0.15) is 24.8 Å². The normalized spacial score (nSPS) is 13.1. The van der Waals surface area contributed by atoms with Gasteiger partial charge in [-0.25, -0.2) is 0 Å². The zero-order chi connectivity index (χ0) is 13.9. The van der Waals surface area contributed by atoms with Gasteiger partial charge in [-0.15, -0.1) is 0 Å². The summed E-state index contributed by atoms with van der Waals surface area (Å²) in [5.41, 5.74) is 6.53. The van der Waals surface area contributed by atoms with Crippen LogP contribution in [0.25, 0.3) is 6.08 Å². The number of rotatable bonds is 8. The third-order valence-corrected chi connectivity index (χ3v) is 2.65. The number of carboxylic acids is 1. The summed E-state index contributed by atoms with van der Waals surface area (Å²) < 4.78 is 0. The number of allylic oxidation sites excluding steroid dienone is 1. The van der Waals surface area contributed by atoms with Crippen molar-refractivity contribution in [1.29, 1.82) is 0 Å². The molecule has 1 aromatic carbocycles. The zero-order valence-corrected chi connectivity index (χ0v) is 10.9. The van der Waals surface area contributed by atoms with Crippen LogP contribution in [0.5, 0.6) is 0 Å². The van der Waals surface area contributed by atoms with Crippen molar-refractivity contribution < 1.29 is 9.90 Å². The molecule has 0 aromatic heterocycles. The Morgan fingerprint density at radius 1 is 1.32 bits per heavy atom. The van der Waals surface area contributed by atoms with Crippen LogP contribution in [0.4, 0.5) is 0 Å². The van der Waals surface area contributed by atoms with E-state index >= 15 is 0 Å². The summed E-state index contributed by atoms with van der Waals surface area (Å²) >= 11 is 0. The quantitative estimate of drug-likeness (QED) is 0.556. The van der Waals surface area contributed by atoms with Crippen LogP contribution in [0, 0.1) is 0 Å². The van der Waals surface area contributed by atoms with Gasteiger partial charge < -0.3 is 10.8 Å². The summed E-state index contributed by atoms with van der Waals surface area (Å²) in [5, 5.41) is 8.60. The van der Waals surface area contributed by atoms with Gasteiger partial charge in [-0.05, 0) is 30.9 Å². The second kappa shape index (κ2) is 9.05. The van der Waals surface area contributed by atoms with Crippen LogP contribution in [0.15, 0.2) is 41.4 Å². The summed E-state index contributed by atoms with van der Waals surface area (Å²) in [6.45, 7) is 0.700. The molecule has 4 heteroatoms. The largest absolute Gasteiger partial charge is 0.480 e. The molecule has 0 aliphatic rings. The Bertz CT molecular complexity index is 427. The van der Waals surface area contributed by atoms with Crippen molar-refractivity contribution in [3.8, 4) is 0 Å². The van der Waals surface area contributed by atoms with E-state index in [1.807, 2.05) is 42.5 Å². The average molecular weight is 260 g/mol. The molecule has 0 saturated heterocycles. The summed E-state index contributed by atoms with van der Waals surface area (Å²) in [4.78, 5) is 14.7. The predicted octanol–water partition coefficient (Wildman–Crippen LogP) is 2.35. The molecule has 19 heavy (non-hydrogen) atoms. The minimum atomic E-state index is -0.936. The number of hydrogen-bond donors (Lipinski definition) is 2. The summed E-state index contributed by atoms with van der Waals surface area (Å²) in [5.74, 6) is -0.936. The van der Waals surface area contributed by atoms with E-state index in [2.05, 4.69) is 4.99 Å². The van der Waals surface area contributed by atoms with Crippen molar-refractivity contribution in [3.05, 3.63) is 42.0 Å². The second-order valence-electron chi connectivity index (χ2n) is 4.27. The van der Waals surface area contributed by atoms with Gasteiger partial charge in [-0.2, -0.15) is 0 Å². The number of nitrogens with zero attached hydrogens (tertiary/aromatic N) is 1. The van der Waals surface area contributed by atoms with Crippen molar-refractivity contribution >= 4 is 18.3 Å². The van der Waals surface area contributed by atoms with Crippen LogP contribution in [0.2, 0.25) is 0 Å². The number of nitrogens with two attached hydrogens (primary N) is 1. The molecule has 1 atom stereocenters. The lowest BCUT2D eigenvalue weighted by Gasteiger charge is -2.03. The fraction of sp³-hybridized carbons (Fsp3) is 0.333. The first kappa shape index (κ1) is 15.1. The SMILES string of the molecule is NC(CCCCN=C/C=C/c1ccccc1)C(=O)O. The Kier molecular flexibility index (Phi) is 7.20. The fourth-order valence-electron chi connectivity index (χ4n) is 1.54. The number of benzene rings is 1. The van der Waals surface area contributed by atoms with Gasteiger partial charge in [0.25, 0.3) is 0 Å². The topological polar surface area (TPSA) is 75.7 Å². The van der Waals surface area contributed by atoms with Gasteiger partial charge in [0.05, 0.1) is 0 Å². The third-order valence-electron chi connectivity index (χ3n) is 2.65. The molecule has 1 unspecified atom stereocenters. The first-order valence-electron chi connectivity index (χ1n) is 6.40. The fourth-order valence-corrected chi connectivity index (χ4v) is 1.54. The van der Waals surface area contributed by atoms with E-state index in [9.17, 15) is 4.79 Å². The highest BCUT2D eigenvalue weighted by Gasteiger charge is 2.09. The highest BCUT2D eigenvalue weighted by molar-refractivity contribution is 5.78. The highest BCUT2D eigenvalue weighted by atomic mass is 16.4. The number of aliphatic carboxylic acids is 1. The zero-order valence-electron chi connectivity index (χ0n) is 10.9. The lowest BCUT2D eigenvalue weighted by atomic mass is 10.1. The summed E-state index contributed by atoms with van der Waals surface area (Å²) in [6, 6.07) is 9.26. The smallest absolute Gasteiger partial charge is 0.320 e. The molecule has 102 valence electrons. The lowest BCUT2D eigenvalue weighted by molar-refractivity contribution is -0.138. The van der Waals surface area contributed by atoms with E-state index in [1.54, 1.807) is 6.21 Å². The lowest BCUT2D eigenvalue weighted by Crippen LogP contribution is -2.29. The minimum absolute atomic E-state index is 0.505. The molecule has 0 amide bonds. The molecule has 0 saturated carbocycles. The number of hydrogen-bond acceptors (Lipinski definition) is 3. The Morgan fingerprint density at radius 3 is 2.74 bits per heavy atom. The van der Waals surface area contributed by atoms with Crippen LogP contribution in [-0.2, 0) is 4.79 Å². The Labute approximate surface area is 113 Å². The maximum Gasteiger partial charge on any atom is 0.320 e. The van der Waals surface area contributed by atoms with E-state index in [1.165, 1.54) is 0 Å².